The van der Waals surface area contributed by atoms with Crippen LogP contribution >= 0.6 is 23.2 Å². The number of nitrogens with zero attached hydrogens (tertiary/aromatic N) is 2. The molecule has 2 amide bonds. The molecule has 0 aliphatic heterocycles. The van der Waals surface area contributed by atoms with Crippen molar-refractivity contribution in [1.82, 2.24) is 10.2 Å². The van der Waals surface area contributed by atoms with Gasteiger partial charge in [-0.25, -0.2) is 8.42 Å². The van der Waals surface area contributed by atoms with Crippen molar-refractivity contribution in [2.75, 3.05) is 17.1 Å². The fourth-order valence-electron chi connectivity index (χ4n) is 4.34. The molecule has 3 aromatic rings. The Morgan fingerprint density at radius 1 is 0.907 bits per heavy atom. The van der Waals surface area contributed by atoms with Crippen LogP contribution in [0.5, 0.6) is 0 Å². The molecule has 0 unspecified atom stereocenters. The number of rotatable bonds is 10. The molecule has 3 aromatic carbocycles. The Balaban J connectivity index is 2.12. The van der Waals surface area contributed by atoms with Gasteiger partial charge < -0.3 is 10.2 Å². The summed E-state index contributed by atoms with van der Waals surface area (Å²) < 4.78 is 67.1. The first-order valence-electron chi connectivity index (χ1n) is 13.1. The van der Waals surface area contributed by atoms with Gasteiger partial charge >= 0.3 is 6.18 Å². The largest absolute Gasteiger partial charge is 0.417 e. The number of carbonyl (C=O) groups excluding carboxylic acids is 2. The summed E-state index contributed by atoms with van der Waals surface area (Å²) in [6.45, 7) is 4.31. The number of carbonyl (C=O) groups is 2. The van der Waals surface area contributed by atoms with Gasteiger partial charge in [0.05, 0.1) is 22.5 Å². The Bertz CT molecular complexity index is 1560. The summed E-state index contributed by atoms with van der Waals surface area (Å²) in [7, 11) is -4.28. The Kier molecular flexibility index (Phi) is 10.8. The molecule has 0 aliphatic rings. The van der Waals surface area contributed by atoms with Crippen molar-refractivity contribution < 1.29 is 31.2 Å². The Morgan fingerprint density at radius 3 is 2.09 bits per heavy atom. The molecule has 0 spiro atoms. The first-order chi connectivity index (χ1) is 19.8. The van der Waals surface area contributed by atoms with Gasteiger partial charge in [0.15, 0.2) is 0 Å². The van der Waals surface area contributed by atoms with E-state index in [2.05, 4.69) is 5.32 Å². The van der Waals surface area contributed by atoms with Crippen LogP contribution in [-0.4, -0.2) is 49.5 Å². The monoisotopic (exact) mass is 657 g/mol. The maximum atomic E-state index is 14.1. The van der Waals surface area contributed by atoms with E-state index in [4.69, 9.17) is 23.2 Å². The van der Waals surface area contributed by atoms with E-state index >= 15 is 0 Å². The van der Waals surface area contributed by atoms with Crippen LogP contribution in [0.1, 0.15) is 37.5 Å². The zero-order valence-electron chi connectivity index (χ0n) is 24.0. The molecule has 0 heterocycles. The maximum Gasteiger partial charge on any atom is 0.417 e. The second-order valence-electron chi connectivity index (χ2n) is 11.0. The van der Waals surface area contributed by atoms with Crippen LogP contribution < -0.4 is 9.62 Å². The highest BCUT2D eigenvalue weighted by Gasteiger charge is 2.37. The number of nitrogens with one attached hydrogen (secondary N) is 1. The number of anilines is 1. The molecular formula is C30H32Cl2F3N3O4S. The van der Waals surface area contributed by atoms with Crippen molar-refractivity contribution in [1.29, 1.82) is 0 Å². The molecule has 0 aliphatic carbocycles. The van der Waals surface area contributed by atoms with Crippen LogP contribution in [-0.2, 0) is 38.8 Å². The zero-order valence-corrected chi connectivity index (χ0v) is 26.3. The molecule has 0 saturated carbocycles. The van der Waals surface area contributed by atoms with Gasteiger partial charge in [-0.2, -0.15) is 13.2 Å². The van der Waals surface area contributed by atoms with Gasteiger partial charge in [-0.15, -0.1) is 0 Å². The van der Waals surface area contributed by atoms with Crippen molar-refractivity contribution in [2.45, 2.75) is 51.5 Å². The topological polar surface area (TPSA) is 86.8 Å². The van der Waals surface area contributed by atoms with Crippen molar-refractivity contribution in [2.24, 2.45) is 0 Å². The molecular weight excluding hydrogens is 626 g/mol. The Hall–Kier alpha value is -3.28. The van der Waals surface area contributed by atoms with Gasteiger partial charge in [-0.3, -0.25) is 13.9 Å². The van der Waals surface area contributed by atoms with Gasteiger partial charge in [0, 0.05) is 23.5 Å². The average molecular weight is 659 g/mol. The number of halogens is 5. The lowest BCUT2D eigenvalue weighted by Crippen LogP contribution is -2.56. The molecule has 1 N–H and O–H groups in total. The van der Waals surface area contributed by atoms with E-state index in [0.29, 0.717) is 21.0 Å². The second-order valence-corrected chi connectivity index (χ2v) is 13.8. The highest BCUT2D eigenvalue weighted by atomic mass is 35.5. The van der Waals surface area contributed by atoms with E-state index in [0.717, 1.165) is 24.0 Å². The first kappa shape index (κ1) is 34.2. The molecule has 43 heavy (non-hydrogen) atoms. The molecule has 0 saturated heterocycles. The minimum atomic E-state index is -4.87. The van der Waals surface area contributed by atoms with Crippen molar-refractivity contribution in [3.8, 4) is 0 Å². The fourth-order valence-corrected chi connectivity index (χ4v) is 5.62. The summed E-state index contributed by atoms with van der Waals surface area (Å²) in [5.74, 6) is -1.32. The highest BCUT2D eigenvalue weighted by Crippen LogP contribution is 2.37. The fraction of sp³-hybridized carbons (Fsp3) is 0.333. The number of alkyl halides is 3. The second kappa shape index (κ2) is 13.6. The van der Waals surface area contributed by atoms with Gasteiger partial charge in [0.2, 0.25) is 21.8 Å². The molecule has 0 fully saturated rings. The third-order valence-electron chi connectivity index (χ3n) is 6.23. The Labute approximate surface area is 259 Å². The molecule has 1 atom stereocenters. The SMILES string of the molecule is CC(C)(C)NC(=O)[C@H](Cc1ccccc1)N(Cc1cccc(Cl)c1)C(=O)CN(c1ccc(Cl)c(C(F)(F)F)c1)S(C)(=O)=O. The van der Waals surface area contributed by atoms with Crippen molar-refractivity contribution in [3.05, 3.63) is 99.5 Å². The quantitative estimate of drug-likeness (QED) is 0.276. The van der Waals surface area contributed by atoms with E-state index in [1.54, 1.807) is 75.4 Å². The molecule has 0 bridgehead atoms. The van der Waals surface area contributed by atoms with Crippen LogP contribution in [0.25, 0.3) is 0 Å². The number of sulfonamides is 1. The minimum absolute atomic E-state index is 0.0765. The predicted octanol–water partition coefficient (Wildman–Crippen LogP) is 6.33. The normalized spacial score (nSPS) is 12.9. The highest BCUT2D eigenvalue weighted by molar-refractivity contribution is 7.92. The van der Waals surface area contributed by atoms with E-state index in [-0.39, 0.29) is 13.0 Å². The van der Waals surface area contributed by atoms with E-state index in [9.17, 15) is 31.2 Å². The lowest BCUT2D eigenvalue weighted by molar-refractivity contribution is -0.140. The zero-order chi connectivity index (χ0) is 32.2. The van der Waals surface area contributed by atoms with Crippen molar-refractivity contribution >= 4 is 50.7 Å². The Morgan fingerprint density at radius 2 is 1.53 bits per heavy atom. The third kappa shape index (κ3) is 9.87. The number of benzene rings is 3. The first-order valence-corrected chi connectivity index (χ1v) is 15.7. The summed E-state index contributed by atoms with van der Waals surface area (Å²) in [5.41, 5.74) is -1.05. The summed E-state index contributed by atoms with van der Waals surface area (Å²) in [6.07, 6.45) is -4.02. The molecule has 0 radical (unpaired) electrons. The maximum absolute atomic E-state index is 14.1. The van der Waals surface area contributed by atoms with Gasteiger partial charge in [0.1, 0.15) is 12.6 Å². The average Bonchev–Trinajstić information content (AvgIpc) is 2.88. The molecule has 232 valence electrons. The lowest BCUT2D eigenvalue weighted by atomic mass is 10.0. The number of hydrogen-bond acceptors (Lipinski definition) is 4. The lowest BCUT2D eigenvalue weighted by Gasteiger charge is -2.35. The number of amides is 2. The van der Waals surface area contributed by atoms with Gasteiger partial charge in [0.25, 0.3) is 0 Å². The van der Waals surface area contributed by atoms with Crippen LogP contribution in [0, 0.1) is 0 Å². The van der Waals surface area contributed by atoms with E-state index in [1.165, 1.54) is 4.90 Å². The van der Waals surface area contributed by atoms with Crippen LogP contribution in [0.4, 0.5) is 18.9 Å². The number of hydrogen-bond donors (Lipinski definition) is 1. The summed E-state index contributed by atoms with van der Waals surface area (Å²) in [5, 5.41) is 2.64. The van der Waals surface area contributed by atoms with E-state index < -0.39 is 62.4 Å². The van der Waals surface area contributed by atoms with Crippen LogP contribution in [0.15, 0.2) is 72.8 Å². The molecule has 13 heteroatoms. The summed E-state index contributed by atoms with van der Waals surface area (Å²) >= 11 is 11.9. The van der Waals surface area contributed by atoms with E-state index in [1.807, 2.05) is 0 Å². The van der Waals surface area contributed by atoms with Crippen LogP contribution in [0.3, 0.4) is 0 Å². The van der Waals surface area contributed by atoms with Crippen molar-refractivity contribution in [3.63, 3.8) is 0 Å². The molecule has 0 aromatic heterocycles. The standard InChI is InChI=1S/C30H32Cl2F3N3O4S/c1-29(2,3)36-28(40)26(16-20-9-6-5-7-10-20)37(18-21-11-8-12-22(31)15-21)27(39)19-38(43(4,41)42)23-13-14-25(32)24(17-23)30(33,34)35/h5-15,17,26H,16,18-19H2,1-4H3,(H,36,40)/t26-/m0/s1. The summed E-state index contributed by atoms with van der Waals surface area (Å²) in [4.78, 5) is 29.0. The molecule has 3 rings (SSSR count). The van der Waals surface area contributed by atoms with Gasteiger partial charge in [-0.05, 0) is 62.2 Å². The van der Waals surface area contributed by atoms with Crippen LogP contribution in [0.2, 0.25) is 10.0 Å². The third-order valence-corrected chi connectivity index (χ3v) is 7.94. The predicted molar refractivity (Wildman–Crippen MR) is 162 cm³/mol. The summed E-state index contributed by atoms with van der Waals surface area (Å²) in [6, 6.07) is 17.0. The van der Waals surface area contributed by atoms with Gasteiger partial charge in [-0.1, -0.05) is 65.7 Å². The molecule has 7 nitrogen and oxygen atoms in total. The minimum Gasteiger partial charge on any atom is -0.350 e. The smallest absolute Gasteiger partial charge is 0.350 e.